The smallest absolute Gasteiger partial charge is 0.156 e. The van der Waals surface area contributed by atoms with E-state index < -0.39 is 0 Å². The summed E-state index contributed by atoms with van der Waals surface area (Å²) >= 11 is 1.82. The predicted molar refractivity (Wildman–Crippen MR) is 67.7 cm³/mol. The molecule has 0 radical (unpaired) electrons. The Bertz CT molecular complexity index is 199. The summed E-state index contributed by atoms with van der Waals surface area (Å²) in [6.07, 6.45) is 4.03. The van der Waals surface area contributed by atoms with Gasteiger partial charge in [0.1, 0.15) is 0 Å². The Kier molecular flexibility index (Phi) is 7.60. The van der Waals surface area contributed by atoms with Crippen LogP contribution in [0.1, 0.15) is 26.7 Å². The van der Waals surface area contributed by atoms with Gasteiger partial charge in [0.25, 0.3) is 0 Å². The molecular weight excluding hydrogens is 210 g/mol. The highest BCUT2D eigenvalue weighted by Gasteiger charge is 2.23. The van der Waals surface area contributed by atoms with Gasteiger partial charge in [0, 0.05) is 11.8 Å². The molecule has 0 saturated carbocycles. The topological polar surface area (TPSA) is 61.8 Å². The molecule has 0 fully saturated rings. The molecule has 0 saturated heterocycles. The zero-order valence-electron chi connectivity index (χ0n) is 10.1. The second-order valence-electron chi connectivity index (χ2n) is 3.63. The first-order valence-electron chi connectivity index (χ1n) is 5.30. The molecule has 0 aliphatic heterocycles. The molecule has 4 nitrogen and oxygen atoms in total. The maximum atomic E-state index is 8.70. The van der Waals surface area contributed by atoms with Crippen LogP contribution in [0, 0.1) is 0 Å². The zero-order chi connectivity index (χ0) is 11.8. The SMILES string of the molecule is CCC(CSC)N(C)C(CC)C(N)=NO. The van der Waals surface area contributed by atoms with Crippen LogP contribution in [0.3, 0.4) is 0 Å². The van der Waals surface area contributed by atoms with Crippen molar-refractivity contribution < 1.29 is 5.21 Å². The Morgan fingerprint density at radius 1 is 1.47 bits per heavy atom. The third-order valence-electron chi connectivity index (χ3n) is 2.74. The maximum Gasteiger partial charge on any atom is 0.156 e. The van der Waals surface area contributed by atoms with Crippen molar-refractivity contribution in [3.8, 4) is 0 Å². The molecule has 0 heterocycles. The minimum atomic E-state index is 0.0344. The standard InChI is InChI=1S/C10H23N3OS/c1-5-8(7-15-4)13(3)9(6-2)10(11)12-14/h8-9,14H,5-7H2,1-4H3,(H2,11,12). The summed E-state index contributed by atoms with van der Waals surface area (Å²) in [5, 5.41) is 11.8. The lowest BCUT2D eigenvalue weighted by atomic mass is 10.1. The van der Waals surface area contributed by atoms with Gasteiger partial charge in [0.2, 0.25) is 0 Å². The molecule has 15 heavy (non-hydrogen) atoms. The van der Waals surface area contributed by atoms with Crippen LogP contribution in [-0.4, -0.2) is 47.1 Å². The molecule has 0 aliphatic carbocycles. The molecule has 2 unspecified atom stereocenters. The van der Waals surface area contributed by atoms with E-state index in [1.54, 1.807) is 0 Å². The van der Waals surface area contributed by atoms with Crippen LogP contribution < -0.4 is 5.73 Å². The summed E-state index contributed by atoms with van der Waals surface area (Å²) in [7, 11) is 2.04. The van der Waals surface area contributed by atoms with E-state index in [1.165, 1.54) is 0 Å². The predicted octanol–water partition coefficient (Wildman–Crippen LogP) is 1.58. The third-order valence-corrected chi connectivity index (χ3v) is 3.46. The van der Waals surface area contributed by atoms with Gasteiger partial charge >= 0.3 is 0 Å². The molecule has 0 rings (SSSR count). The van der Waals surface area contributed by atoms with Gasteiger partial charge in [-0.15, -0.1) is 0 Å². The van der Waals surface area contributed by atoms with Crippen LogP contribution in [0.4, 0.5) is 0 Å². The lowest BCUT2D eigenvalue weighted by molar-refractivity contribution is 0.214. The van der Waals surface area contributed by atoms with Crippen molar-refractivity contribution in [3.05, 3.63) is 0 Å². The average Bonchev–Trinajstić information content (AvgIpc) is 2.26. The summed E-state index contributed by atoms with van der Waals surface area (Å²) in [4.78, 5) is 2.20. The first kappa shape index (κ1) is 14.6. The molecule has 0 aromatic rings. The van der Waals surface area contributed by atoms with Gasteiger partial charge < -0.3 is 10.9 Å². The Morgan fingerprint density at radius 2 is 2.07 bits per heavy atom. The van der Waals surface area contributed by atoms with E-state index in [-0.39, 0.29) is 6.04 Å². The molecule has 0 aliphatic rings. The highest BCUT2D eigenvalue weighted by atomic mass is 32.2. The fourth-order valence-electron chi connectivity index (χ4n) is 1.74. The van der Waals surface area contributed by atoms with Gasteiger partial charge in [0.15, 0.2) is 5.84 Å². The molecule has 0 spiro atoms. The summed E-state index contributed by atoms with van der Waals surface area (Å²) in [5.41, 5.74) is 5.67. The average molecular weight is 233 g/mol. The van der Waals surface area contributed by atoms with Crippen LogP contribution in [0.5, 0.6) is 0 Å². The Morgan fingerprint density at radius 3 is 2.40 bits per heavy atom. The molecule has 0 amide bonds. The van der Waals surface area contributed by atoms with E-state index in [9.17, 15) is 0 Å². The van der Waals surface area contributed by atoms with E-state index in [2.05, 4.69) is 23.2 Å². The monoisotopic (exact) mass is 233 g/mol. The second-order valence-corrected chi connectivity index (χ2v) is 4.54. The van der Waals surface area contributed by atoms with Gasteiger partial charge in [-0.25, -0.2) is 0 Å². The summed E-state index contributed by atoms with van der Waals surface area (Å²) < 4.78 is 0. The van der Waals surface area contributed by atoms with E-state index in [4.69, 9.17) is 10.9 Å². The largest absolute Gasteiger partial charge is 0.409 e. The van der Waals surface area contributed by atoms with E-state index in [1.807, 2.05) is 25.7 Å². The quantitative estimate of drug-likeness (QED) is 0.303. The fourth-order valence-corrected chi connectivity index (χ4v) is 2.60. The number of thioether (sulfide) groups is 1. The second kappa shape index (κ2) is 7.82. The van der Waals surface area contributed by atoms with E-state index >= 15 is 0 Å². The van der Waals surface area contributed by atoms with E-state index in [0.717, 1.165) is 18.6 Å². The lowest BCUT2D eigenvalue weighted by Gasteiger charge is -2.33. The third kappa shape index (κ3) is 4.30. The van der Waals surface area contributed by atoms with Crippen molar-refractivity contribution in [3.63, 3.8) is 0 Å². The zero-order valence-corrected chi connectivity index (χ0v) is 10.9. The number of rotatable bonds is 7. The van der Waals surface area contributed by atoms with Crippen molar-refractivity contribution in [1.29, 1.82) is 0 Å². The molecule has 2 atom stereocenters. The lowest BCUT2D eigenvalue weighted by Crippen LogP contribution is -2.48. The number of amidine groups is 1. The Balaban J connectivity index is 4.53. The number of oxime groups is 1. The number of likely N-dealkylation sites (N-methyl/N-ethyl adjacent to an activating group) is 1. The van der Waals surface area contributed by atoms with Crippen molar-refractivity contribution in [1.82, 2.24) is 4.90 Å². The minimum Gasteiger partial charge on any atom is -0.409 e. The van der Waals surface area contributed by atoms with Gasteiger partial charge in [-0.2, -0.15) is 11.8 Å². The van der Waals surface area contributed by atoms with Gasteiger partial charge in [-0.05, 0) is 26.1 Å². The van der Waals surface area contributed by atoms with Crippen molar-refractivity contribution in [2.24, 2.45) is 10.9 Å². The molecule has 0 aromatic carbocycles. The van der Waals surface area contributed by atoms with Gasteiger partial charge in [0.05, 0.1) is 6.04 Å². The molecule has 3 N–H and O–H groups in total. The maximum absolute atomic E-state index is 8.70. The van der Waals surface area contributed by atoms with Gasteiger partial charge in [-0.3, -0.25) is 4.90 Å². The van der Waals surface area contributed by atoms with Crippen LogP contribution in [0.15, 0.2) is 5.16 Å². The highest BCUT2D eigenvalue weighted by Crippen LogP contribution is 2.13. The highest BCUT2D eigenvalue weighted by molar-refractivity contribution is 7.98. The molecule has 0 bridgehead atoms. The summed E-state index contributed by atoms with van der Waals surface area (Å²) in [6, 6.07) is 0.511. The summed E-state index contributed by atoms with van der Waals surface area (Å²) in [5.74, 6) is 1.38. The summed E-state index contributed by atoms with van der Waals surface area (Å²) in [6.45, 7) is 4.21. The molecular formula is C10H23N3OS. The van der Waals surface area contributed by atoms with Crippen LogP contribution in [0.2, 0.25) is 0 Å². The fraction of sp³-hybridized carbons (Fsp3) is 0.900. The molecule has 5 heteroatoms. The number of nitrogens with zero attached hydrogens (tertiary/aromatic N) is 2. The van der Waals surface area contributed by atoms with Crippen molar-refractivity contribution in [2.45, 2.75) is 38.8 Å². The van der Waals surface area contributed by atoms with Crippen LogP contribution in [-0.2, 0) is 0 Å². The number of hydrogen-bond donors (Lipinski definition) is 2. The molecule has 90 valence electrons. The first-order valence-corrected chi connectivity index (χ1v) is 6.69. The van der Waals surface area contributed by atoms with Gasteiger partial charge in [-0.1, -0.05) is 19.0 Å². The molecule has 0 aromatic heterocycles. The number of hydrogen-bond acceptors (Lipinski definition) is 4. The first-order chi connectivity index (χ1) is 7.12. The Hall–Kier alpha value is -0.420. The minimum absolute atomic E-state index is 0.0344. The van der Waals surface area contributed by atoms with Crippen LogP contribution in [0.25, 0.3) is 0 Å². The van der Waals surface area contributed by atoms with Crippen molar-refractivity contribution >= 4 is 17.6 Å². The Labute approximate surface area is 96.9 Å². The van der Waals surface area contributed by atoms with Crippen LogP contribution >= 0.6 is 11.8 Å². The number of nitrogens with two attached hydrogens (primary N) is 1. The van der Waals surface area contributed by atoms with Crippen molar-refractivity contribution in [2.75, 3.05) is 19.1 Å². The van der Waals surface area contributed by atoms with E-state index in [0.29, 0.717) is 11.9 Å². The normalized spacial score (nSPS) is 16.7.